The number of halogens is 2. The molecule has 0 unspecified atom stereocenters. The fourth-order valence-electron chi connectivity index (χ4n) is 1.94. The highest BCUT2D eigenvalue weighted by atomic mass is 127. The summed E-state index contributed by atoms with van der Waals surface area (Å²) in [5, 5.41) is 0. The molecule has 0 bridgehead atoms. The van der Waals surface area contributed by atoms with Crippen molar-refractivity contribution in [3.63, 3.8) is 0 Å². The highest BCUT2D eigenvalue weighted by molar-refractivity contribution is 14.1. The molecule has 100 valence electrons. The number of hydrogen-bond donors (Lipinski definition) is 0. The summed E-state index contributed by atoms with van der Waals surface area (Å²) in [6.07, 6.45) is 2.30. The molecule has 0 saturated heterocycles. The Morgan fingerprint density at radius 1 is 0.684 bits per heavy atom. The zero-order valence-corrected chi connectivity index (χ0v) is 15.7. The van der Waals surface area contributed by atoms with Crippen LogP contribution < -0.4 is 0 Å². The summed E-state index contributed by atoms with van der Waals surface area (Å²) in [4.78, 5) is 2.81. The van der Waals surface area contributed by atoms with E-state index in [0.29, 0.717) is 0 Å². The van der Waals surface area contributed by atoms with Crippen LogP contribution in [0.5, 0.6) is 0 Å². The van der Waals surface area contributed by atoms with Crippen LogP contribution in [-0.4, -0.2) is 8.86 Å². The third kappa shape index (κ3) is 4.63. The van der Waals surface area contributed by atoms with E-state index in [1.807, 2.05) is 11.8 Å². The zero-order chi connectivity index (χ0) is 13.5. The maximum atomic E-state index is 2.45. The molecular formula is C16H16I2S. The van der Waals surface area contributed by atoms with E-state index >= 15 is 0 Å². The molecule has 0 amide bonds. The molecule has 2 aromatic rings. The molecule has 0 aliphatic heterocycles. The molecule has 0 aromatic heterocycles. The Labute approximate surface area is 147 Å². The van der Waals surface area contributed by atoms with Gasteiger partial charge in [0.1, 0.15) is 0 Å². The van der Waals surface area contributed by atoms with Gasteiger partial charge in [0.25, 0.3) is 0 Å². The predicted molar refractivity (Wildman–Crippen MR) is 102 cm³/mol. The zero-order valence-electron chi connectivity index (χ0n) is 10.6. The average Bonchev–Trinajstić information content (AvgIpc) is 2.44. The molecule has 2 rings (SSSR count). The molecule has 0 atom stereocenters. The molecule has 3 heteroatoms. The smallest absolute Gasteiger partial charge is 0.0154 e. The van der Waals surface area contributed by atoms with Crippen LogP contribution >= 0.6 is 56.9 Å². The number of benzene rings is 2. The Balaban J connectivity index is 2.25. The maximum Gasteiger partial charge on any atom is 0.0154 e. The van der Waals surface area contributed by atoms with Crippen LogP contribution in [0.2, 0.25) is 0 Å². The standard InChI is InChI=1S/C16H16I2S/c17-11-9-13-5-1-3-7-15(13)19-16-8-4-2-6-14(16)10-12-18/h1-8H,9-12H2. The quantitative estimate of drug-likeness (QED) is 0.362. The second kappa shape index (κ2) is 8.52. The number of alkyl halides is 2. The van der Waals surface area contributed by atoms with Gasteiger partial charge in [-0.15, -0.1) is 0 Å². The van der Waals surface area contributed by atoms with Gasteiger partial charge in [0.2, 0.25) is 0 Å². The van der Waals surface area contributed by atoms with Gasteiger partial charge in [-0.2, -0.15) is 0 Å². The van der Waals surface area contributed by atoms with Gasteiger partial charge in [0, 0.05) is 18.6 Å². The number of aryl methyl sites for hydroxylation is 2. The average molecular weight is 494 g/mol. The Bertz CT molecular complexity index is 478. The van der Waals surface area contributed by atoms with E-state index in [1.54, 1.807) is 0 Å². The van der Waals surface area contributed by atoms with Crippen molar-refractivity contribution in [1.82, 2.24) is 0 Å². The minimum atomic E-state index is 1.15. The molecule has 0 saturated carbocycles. The number of hydrogen-bond acceptors (Lipinski definition) is 1. The summed E-state index contributed by atoms with van der Waals surface area (Å²) in [6, 6.07) is 17.6. The maximum absolute atomic E-state index is 2.45. The minimum absolute atomic E-state index is 1.15. The molecule has 0 aliphatic carbocycles. The van der Waals surface area contributed by atoms with Crippen molar-refractivity contribution < 1.29 is 0 Å². The summed E-state index contributed by atoms with van der Waals surface area (Å²) < 4.78 is 2.34. The van der Waals surface area contributed by atoms with Gasteiger partial charge < -0.3 is 0 Å². The van der Waals surface area contributed by atoms with E-state index in [2.05, 4.69) is 93.7 Å². The summed E-state index contributed by atoms with van der Waals surface area (Å²) in [6.45, 7) is 0. The van der Waals surface area contributed by atoms with Gasteiger partial charge in [-0.05, 0) is 36.1 Å². The normalized spacial score (nSPS) is 10.6. The van der Waals surface area contributed by atoms with Crippen molar-refractivity contribution in [2.75, 3.05) is 8.86 Å². The lowest BCUT2D eigenvalue weighted by Gasteiger charge is -2.11. The lowest BCUT2D eigenvalue weighted by atomic mass is 10.2. The largest absolute Gasteiger partial charge is 0.0895 e. The van der Waals surface area contributed by atoms with Crippen molar-refractivity contribution in [1.29, 1.82) is 0 Å². The Morgan fingerprint density at radius 2 is 1.11 bits per heavy atom. The monoisotopic (exact) mass is 494 g/mol. The van der Waals surface area contributed by atoms with Crippen LogP contribution in [0.25, 0.3) is 0 Å². The van der Waals surface area contributed by atoms with E-state index in [9.17, 15) is 0 Å². The Hall–Kier alpha value is 0.250. The molecule has 0 spiro atoms. The van der Waals surface area contributed by atoms with E-state index < -0.39 is 0 Å². The first-order valence-electron chi connectivity index (χ1n) is 6.30. The molecule has 0 heterocycles. The van der Waals surface area contributed by atoms with Crippen molar-refractivity contribution in [2.45, 2.75) is 22.6 Å². The van der Waals surface area contributed by atoms with Crippen molar-refractivity contribution in [2.24, 2.45) is 0 Å². The highest BCUT2D eigenvalue weighted by Gasteiger charge is 2.06. The van der Waals surface area contributed by atoms with Crippen molar-refractivity contribution in [3.05, 3.63) is 59.7 Å². The van der Waals surface area contributed by atoms with Crippen LogP contribution in [-0.2, 0) is 12.8 Å². The Morgan fingerprint density at radius 3 is 1.53 bits per heavy atom. The van der Waals surface area contributed by atoms with Gasteiger partial charge in [-0.3, -0.25) is 0 Å². The van der Waals surface area contributed by atoms with Gasteiger partial charge in [-0.25, -0.2) is 0 Å². The van der Waals surface area contributed by atoms with Crippen LogP contribution in [0.1, 0.15) is 11.1 Å². The summed E-state index contributed by atoms with van der Waals surface area (Å²) in [7, 11) is 0. The number of rotatable bonds is 6. The van der Waals surface area contributed by atoms with Gasteiger partial charge in [0.15, 0.2) is 0 Å². The van der Waals surface area contributed by atoms with Gasteiger partial charge in [-0.1, -0.05) is 93.3 Å². The second-order valence-electron chi connectivity index (χ2n) is 4.20. The van der Waals surface area contributed by atoms with Crippen LogP contribution in [0.4, 0.5) is 0 Å². The lowest BCUT2D eigenvalue weighted by Crippen LogP contribution is -1.92. The first kappa shape index (κ1) is 15.6. The first-order valence-corrected chi connectivity index (χ1v) is 10.2. The lowest BCUT2D eigenvalue weighted by molar-refractivity contribution is 1.09. The molecular weight excluding hydrogens is 478 g/mol. The Kier molecular flexibility index (Phi) is 7.01. The minimum Gasteiger partial charge on any atom is -0.0895 e. The fourth-order valence-corrected chi connectivity index (χ4v) is 4.24. The van der Waals surface area contributed by atoms with Crippen LogP contribution in [0.3, 0.4) is 0 Å². The van der Waals surface area contributed by atoms with E-state index in [4.69, 9.17) is 0 Å². The summed E-state index contributed by atoms with van der Waals surface area (Å²) in [5.41, 5.74) is 2.93. The van der Waals surface area contributed by atoms with Crippen LogP contribution in [0.15, 0.2) is 58.3 Å². The fraction of sp³-hybridized carbons (Fsp3) is 0.250. The van der Waals surface area contributed by atoms with Crippen molar-refractivity contribution in [3.8, 4) is 0 Å². The molecule has 0 nitrogen and oxygen atoms in total. The molecule has 2 aromatic carbocycles. The first-order chi connectivity index (χ1) is 9.35. The van der Waals surface area contributed by atoms with E-state index in [-0.39, 0.29) is 0 Å². The van der Waals surface area contributed by atoms with Gasteiger partial charge in [0.05, 0.1) is 0 Å². The second-order valence-corrected chi connectivity index (χ2v) is 7.44. The molecule has 0 aliphatic rings. The SMILES string of the molecule is ICCc1ccccc1Sc1ccccc1CCI. The molecule has 0 N–H and O–H groups in total. The third-order valence-corrected chi connectivity index (χ3v) is 5.21. The van der Waals surface area contributed by atoms with E-state index in [0.717, 1.165) is 12.8 Å². The third-order valence-electron chi connectivity index (χ3n) is 2.89. The molecule has 19 heavy (non-hydrogen) atoms. The molecule has 0 fully saturated rings. The summed E-state index contributed by atoms with van der Waals surface area (Å²) >= 11 is 6.81. The van der Waals surface area contributed by atoms with Crippen molar-refractivity contribution >= 4 is 56.9 Å². The van der Waals surface area contributed by atoms with E-state index in [1.165, 1.54) is 29.8 Å². The molecule has 0 radical (unpaired) electrons. The topological polar surface area (TPSA) is 0 Å². The predicted octanol–water partition coefficient (Wildman–Crippen LogP) is 5.79. The van der Waals surface area contributed by atoms with Crippen LogP contribution in [0, 0.1) is 0 Å². The highest BCUT2D eigenvalue weighted by Crippen LogP contribution is 2.33. The van der Waals surface area contributed by atoms with Gasteiger partial charge >= 0.3 is 0 Å². The summed E-state index contributed by atoms with van der Waals surface area (Å²) in [5.74, 6) is 0.